The van der Waals surface area contributed by atoms with Crippen LogP contribution in [-0.2, 0) is 6.42 Å². The molecule has 26 heavy (non-hydrogen) atoms. The van der Waals surface area contributed by atoms with Gasteiger partial charge in [-0.3, -0.25) is 9.59 Å². The molecule has 3 rings (SSSR count). The predicted octanol–water partition coefficient (Wildman–Crippen LogP) is 3.50. The second-order valence-corrected chi connectivity index (χ2v) is 7.42. The average Bonchev–Trinajstić information content (AvgIpc) is 3.03. The Hall–Kier alpha value is -2.28. The Morgan fingerprint density at radius 1 is 1.00 bits per heavy atom. The van der Waals surface area contributed by atoms with E-state index in [2.05, 4.69) is 6.92 Å². The molecule has 0 bridgehead atoms. The number of hydrogen-bond acceptors (Lipinski definition) is 3. The number of rotatable bonds is 3. The zero-order valence-electron chi connectivity index (χ0n) is 14.7. The summed E-state index contributed by atoms with van der Waals surface area (Å²) in [5, 5.41) is 0. The van der Waals surface area contributed by atoms with Crippen molar-refractivity contribution in [1.82, 2.24) is 9.80 Å². The lowest BCUT2D eigenvalue weighted by molar-refractivity contribution is 0.0538. The van der Waals surface area contributed by atoms with E-state index in [-0.39, 0.29) is 17.4 Å². The average molecular weight is 378 g/mol. The summed E-state index contributed by atoms with van der Waals surface area (Å²) in [4.78, 5) is 30.3. The van der Waals surface area contributed by atoms with Crippen molar-refractivity contribution in [3.8, 4) is 0 Å². The van der Waals surface area contributed by atoms with Crippen molar-refractivity contribution in [3.05, 3.63) is 56.8 Å². The summed E-state index contributed by atoms with van der Waals surface area (Å²) in [6.45, 7) is 5.66. The Morgan fingerprint density at radius 3 is 2.15 bits per heavy atom. The molecule has 0 radical (unpaired) electrons. The maximum Gasteiger partial charge on any atom is 0.264 e. The third-order valence-corrected chi connectivity index (χ3v) is 5.94. The molecule has 4 nitrogen and oxygen atoms in total. The van der Waals surface area contributed by atoms with Gasteiger partial charge in [0.05, 0.1) is 4.88 Å². The van der Waals surface area contributed by atoms with Crippen molar-refractivity contribution in [2.75, 3.05) is 26.2 Å². The van der Waals surface area contributed by atoms with E-state index in [0.29, 0.717) is 26.2 Å². The van der Waals surface area contributed by atoms with Crippen LogP contribution < -0.4 is 0 Å². The van der Waals surface area contributed by atoms with Gasteiger partial charge in [-0.15, -0.1) is 11.3 Å². The first kappa shape index (κ1) is 18.5. The molecule has 1 fully saturated rings. The molecule has 1 aliphatic heterocycles. The lowest BCUT2D eigenvalue weighted by atomic mass is 10.1. The number of carbonyl (C=O) groups excluding carboxylic acids is 2. The van der Waals surface area contributed by atoms with Crippen molar-refractivity contribution in [3.63, 3.8) is 0 Å². The first-order chi connectivity index (χ1) is 12.4. The minimum Gasteiger partial charge on any atom is -0.335 e. The number of carbonyl (C=O) groups is 2. The van der Waals surface area contributed by atoms with E-state index in [1.807, 2.05) is 13.0 Å². The summed E-state index contributed by atoms with van der Waals surface area (Å²) in [7, 11) is 0. The highest BCUT2D eigenvalue weighted by atomic mass is 32.1. The van der Waals surface area contributed by atoms with E-state index < -0.39 is 11.6 Å². The number of halogens is 2. The predicted molar refractivity (Wildman–Crippen MR) is 96.6 cm³/mol. The van der Waals surface area contributed by atoms with Crippen molar-refractivity contribution in [1.29, 1.82) is 0 Å². The maximum atomic E-state index is 13.3. The number of nitrogens with zero attached hydrogens (tertiary/aromatic N) is 2. The number of amides is 2. The second-order valence-electron chi connectivity index (χ2n) is 6.28. The first-order valence-electron chi connectivity index (χ1n) is 8.53. The standard InChI is InChI=1S/C19H20F2N2O2S/c1-3-16-12(2)10-17(26-16)19(25)23-8-6-22(7-9-23)18(24)13-4-5-14(20)15(21)11-13/h4-5,10-11H,3,6-9H2,1-2H3. The molecule has 0 aliphatic carbocycles. The highest BCUT2D eigenvalue weighted by Crippen LogP contribution is 2.24. The molecular weight excluding hydrogens is 358 g/mol. The molecule has 0 saturated carbocycles. The molecule has 2 heterocycles. The van der Waals surface area contributed by atoms with Crippen LogP contribution in [0.15, 0.2) is 24.3 Å². The molecule has 0 N–H and O–H groups in total. The minimum absolute atomic E-state index is 0.0160. The fraction of sp³-hybridized carbons (Fsp3) is 0.368. The molecule has 1 saturated heterocycles. The first-order valence-corrected chi connectivity index (χ1v) is 9.35. The van der Waals surface area contributed by atoms with Gasteiger partial charge in [0.25, 0.3) is 11.8 Å². The lowest BCUT2D eigenvalue weighted by Gasteiger charge is -2.34. The molecule has 0 spiro atoms. The minimum atomic E-state index is -1.04. The molecule has 1 aliphatic rings. The van der Waals surface area contributed by atoms with Gasteiger partial charge in [-0.25, -0.2) is 8.78 Å². The summed E-state index contributed by atoms with van der Waals surface area (Å²) in [6.07, 6.45) is 0.903. The summed E-state index contributed by atoms with van der Waals surface area (Å²) in [5.74, 6) is -2.38. The van der Waals surface area contributed by atoms with Gasteiger partial charge < -0.3 is 9.80 Å². The molecule has 0 atom stereocenters. The molecule has 2 amide bonds. The Kier molecular flexibility index (Phi) is 5.36. The molecular formula is C19H20F2N2O2S. The smallest absolute Gasteiger partial charge is 0.264 e. The molecule has 2 aromatic rings. The van der Waals surface area contributed by atoms with Gasteiger partial charge in [0.15, 0.2) is 11.6 Å². The second kappa shape index (κ2) is 7.53. The Bertz CT molecular complexity index is 842. The van der Waals surface area contributed by atoms with Gasteiger partial charge in [0.2, 0.25) is 0 Å². The lowest BCUT2D eigenvalue weighted by Crippen LogP contribution is -2.50. The molecule has 138 valence electrons. The quantitative estimate of drug-likeness (QED) is 0.820. The van der Waals surface area contributed by atoms with Gasteiger partial charge in [0, 0.05) is 36.6 Å². The Balaban J connectivity index is 1.63. The fourth-order valence-electron chi connectivity index (χ4n) is 3.06. The number of benzene rings is 1. The molecule has 1 aromatic heterocycles. The fourth-order valence-corrected chi connectivity index (χ4v) is 4.14. The Morgan fingerprint density at radius 2 is 1.62 bits per heavy atom. The van der Waals surface area contributed by atoms with Crippen LogP contribution in [0.5, 0.6) is 0 Å². The van der Waals surface area contributed by atoms with Gasteiger partial charge >= 0.3 is 0 Å². The van der Waals surface area contributed by atoms with Crippen LogP contribution >= 0.6 is 11.3 Å². The third kappa shape index (κ3) is 3.62. The van der Waals surface area contributed by atoms with Crippen LogP contribution in [0.25, 0.3) is 0 Å². The number of thiophene rings is 1. The van der Waals surface area contributed by atoms with E-state index in [9.17, 15) is 18.4 Å². The summed E-state index contributed by atoms with van der Waals surface area (Å²) in [5.41, 5.74) is 1.25. The van der Waals surface area contributed by atoms with Crippen LogP contribution in [0.1, 0.15) is 37.4 Å². The van der Waals surface area contributed by atoms with Crippen LogP contribution in [0.2, 0.25) is 0 Å². The molecule has 1 aromatic carbocycles. The number of piperazine rings is 1. The summed E-state index contributed by atoms with van der Waals surface area (Å²) >= 11 is 1.52. The highest BCUT2D eigenvalue weighted by molar-refractivity contribution is 7.14. The zero-order chi connectivity index (χ0) is 18.8. The largest absolute Gasteiger partial charge is 0.335 e. The van der Waals surface area contributed by atoms with Crippen molar-refractivity contribution in [2.24, 2.45) is 0 Å². The Labute approximate surface area is 155 Å². The van der Waals surface area contributed by atoms with E-state index >= 15 is 0 Å². The van der Waals surface area contributed by atoms with Crippen molar-refractivity contribution < 1.29 is 18.4 Å². The monoisotopic (exact) mass is 378 g/mol. The van der Waals surface area contributed by atoms with Gasteiger partial charge in [-0.2, -0.15) is 0 Å². The van der Waals surface area contributed by atoms with Crippen molar-refractivity contribution in [2.45, 2.75) is 20.3 Å². The van der Waals surface area contributed by atoms with Crippen LogP contribution in [-0.4, -0.2) is 47.8 Å². The molecule has 7 heteroatoms. The topological polar surface area (TPSA) is 40.6 Å². The highest BCUT2D eigenvalue weighted by Gasteiger charge is 2.27. The van der Waals surface area contributed by atoms with Crippen molar-refractivity contribution >= 4 is 23.2 Å². The van der Waals surface area contributed by atoms with Crippen LogP contribution in [0.4, 0.5) is 8.78 Å². The van der Waals surface area contributed by atoms with E-state index in [4.69, 9.17) is 0 Å². The SMILES string of the molecule is CCc1sc(C(=O)N2CCN(C(=O)c3ccc(F)c(F)c3)CC2)cc1C. The maximum absolute atomic E-state index is 13.3. The zero-order valence-corrected chi connectivity index (χ0v) is 15.5. The number of hydrogen-bond donors (Lipinski definition) is 0. The molecule has 0 unspecified atom stereocenters. The van der Waals surface area contributed by atoms with E-state index in [0.717, 1.165) is 29.0 Å². The van der Waals surface area contributed by atoms with Gasteiger partial charge in [-0.05, 0) is 43.2 Å². The number of aryl methyl sites for hydroxylation is 2. The van der Waals surface area contributed by atoms with Gasteiger partial charge in [-0.1, -0.05) is 6.92 Å². The normalized spacial score (nSPS) is 14.6. The van der Waals surface area contributed by atoms with Crippen LogP contribution in [0.3, 0.4) is 0 Å². The van der Waals surface area contributed by atoms with Crippen LogP contribution in [0, 0.1) is 18.6 Å². The third-order valence-electron chi connectivity index (χ3n) is 4.57. The summed E-state index contributed by atoms with van der Waals surface area (Å²) < 4.78 is 26.3. The van der Waals surface area contributed by atoms with E-state index in [1.165, 1.54) is 22.3 Å². The van der Waals surface area contributed by atoms with E-state index in [1.54, 1.807) is 9.80 Å². The van der Waals surface area contributed by atoms with Gasteiger partial charge in [0.1, 0.15) is 0 Å². The summed E-state index contributed by atoms with van der Waals surface area (Å²) in [6, 6.07) is 5.06.